The van der Waals surface area contributed by atoms with Crippen molar-refractivity contribution < 1.29 is 4.74 Å². The second-order valence-corrected chi connectivity index (χ2v) is 5.68. The lowest BCUT2D eigenvalue weighted by atomic mass is 10.1. The van der Waals surface area contributed by atoms with Crippen molar-refractivity contribution in [2.75, 3.05) is 11.9 Å². The molecule has 0 saturated carbocycles. The summed E-state index contributed by atoms with van der Waals surface area (Å²) >= 11 is 12.3. The van der Waals surface area contributed by atoms with Crippen LogP contribution in [0.25, 0.3) is 0 Å². The van der Waals surface area contributed by atoms with E-state index in [2.05, 4.69) is 24.4 Å². The van der Waals surface area contributed by atoms with Crippen LogP contribution in [0.1, 0.15) is 24.2 Å². The van der Waals surface area contributed by atoms with Gasteiger partial charge in [-0.15, -0.1) is 0 Å². The molecule has 0 bridgehead atoms. The Hall–Kier alpha value is -1.38. The normalized spacial score (nSPS) is 17.1. The Morgan fingerprint density at radius 1 is 1.20 bits per heavy atom. The zero-order valence-corrected chi connectivity index (χ0v) is 12.6. The highest BCUT2D eigenvalue weighted by Gasteiger charge is 2.23. The molecule has 3 rings (SSSR count). The quantitative estimate of drug-likeness (QED) is 0.833. The van der Waals surface area contributed by atoms with Crippen molar-refractivity contribution in [3.05, 3.63) is 57.6 Å². The second kappa shape index (κ2) is 5.55. The molecule has 0 radical (unpaired) electrons. The second-order valence-electron chi connectivity index (χ2n) is 4.84. The van der Waals surface area contributed by atoms with E-state index in [9.17, 15) is 0 Å². The Morgan fingerprint density at radius 2 is 2.05 bits per heavy atom. The van der Waals surface area contributed by atoms with Crippen molar-refractivity contribution in [2.24, 2.45) is 0 Å². The molecule has 20 heavy (non-hydrogen) atoms. The summed E-state index contributed by atoms with van der Waals surface area (Å²) in [6.45, 7) is 2.82. The third-order valence-electron chi connectivity index (χ3n) is 3.50. The number of hydrogen-bond donors (Lipinski definition) is 1. The van der Waals surface area contributed by atoms with Crippen LogP contribution in [-0.2, 0) is 6.42 Å². The molecule has 1 aliphatic heterocycles. The maximum absolute atomic E-state index is 6.24. The minimum absolute atomic E-state index is 0.124. The van der Waals surface area contributed by atoms with Gasteiger partial charge in [-0.3, -0.25) is 0 Å². The van der Waals surface area contributed by atoms with Crippen LogP contribution in [0, 0.1) is 0 Å². The van der Waals surface area contributed by atoms with Crippen LogP contribution in [0.5, 0.6) is 5.75 Å². The monoisotopic (exact) mass is 307 g/mol. The molecule has 1 atom stereocenters. The van der Waals surface area contributed by atoms with Gasteiger partial charge >= 0.3 is 0 Å². The molecular formula is C16H15Cl2NO. The molecule has 0 fully saturated rings. The lowest BCUT2D eigenvalue weighted by molar-refractivity contribution is 0.210. The molecule has 1 aliphatic rings. The molecule has 104 valence electrons. The molecule has 1 unspecified atom stereocenters. The van der Waals surface area contributed by atoms with Gasteiger partial charge in [0.05, 0.1) is 12.2 Å². The van der Waals surface area contributed by atoms with Crippen molar-refractivity contribution in [2.45, 2.75) is 19.4 Å². The number of aryl methyl sites for hydroxylation is 1. The first kappa shape index (κ1) is 13.6. The predicted octanol–water partition coefficient (Wildman–Crippen LogP) is 5.10. The highest BCUT2D eigenvalue weighted by atomic mass is 35.5. The minimum atomic E-state index is -0.124. The number of rotatable bonds is 2. The zero-order chi connectivity index (χ0) is 14.1. The summed E-state index contributed by atoms with van der Waals surface area (Å²) in [5.41, 5.74) is 3.25. The summed E-state index contributed by atoms with van der Waals surface area (Å²) < 4.78 is 6.05. The Morgan fingerprint density at radius 3 is 2.85 bits per heavy atom. The molecule has 0 aromatic heterocycles. The van der Waals surface area contributed by atoms with Gasteiger partial charge in [-0.25, -0.2) is 0 Å². The van der Waals surface area contributed by atoms with E-state index >= 15 is 0 Å². The van der Waals surface area contributed by atoms with Gasteiger partial charge in [0.1, 0.15) is 11.9 Å². The van der Waals surface area contributed by atoms with Crippen LogP contribution in [0.15, 0.2) is 36.4 Å². The third-order valence-corrected chi connectivity index (χ3v) is 4.08. The van der Waals surface area contributed by atoms with Gasteiger partial charge in [-0.1, -0.05) is 36.2 Å². The van der Waals surface area contributed by atoms with E-state index < -0.39 is 0 Å². The summed E-state index contributed by atoms with van der Waals surface area (Å²) in [6, 6.07) is 11.7. The summed E-state index contributed by atoms with van der Waals surface area (Å²) in [4.78, 5) is 0. The van der Waals surface area contributed by atoms with E-state index in [1.807, 2.05) is 12.1 Å². The highest BCUT2D eigenvalue weighted by Crippen LogP contribution is 2.37. The molecular weight excluding hydrogens is 293 g/mol. The Labute approximate surface area is 128 Å². The van der Waals surface area contributed by atoms with E-state index in [4.69, 9.17) is 27.9 Å². The summed E-state index contributed by atoms with van der Waals surface area (Å²) in [6.07, 6.45) is 0.889. The molecule has 2 aromatic carbocycles. The largest absolute Gasteiger partial charge is 0.482 e. The predicted molar refractivity (Wildman–Crippen MR) is 84.1 cm³/mol. The number of halogens is 2. The van der Waals surface area contributed by atoms with E-state index in [0.29, 0.717) is 16.6 Å². The molecule has 0 spiro atoms. The number of nitrogens with one attached hydrogen (secondary N) is 1. The highest BCUT2D eigenvalue weighted by molar-refractivity contribution is 6.33. The minimum Gasteiger partial charge on any atom is -0.482 e. The lowest BCUT2D eigenvalue weighted by Gasteiger charge is -2.28. The standard InChI is InChI=1S/C16H15Cl2NO/c1-2-10-3-6-15-14(7-10)19-9-16(20-15)12-8-11(17)4-5-13(12)18/h3-8,16,19H,2,9H2,1H3. The average Bonchev–Trinajstić information content (AvgIpc) is 2.48. The fourth-order valence-electron chi connectivity index (χ4n) is 2.37. The van der Waals surface area contributed by atoms with E-state index in [1.165, 1.54) is 5.56 Å². The van der Waals surface area contributed by atoms with Crippen LogP contribution >= 0.6 is 23.2 Å². The van der Waals surface area contributed by atoms with Gasteiger partial charge < -0.3 is 10.1 Å². The maximum atomic E-state index is 6.24. The first-order valence-corrected chi connectivity index (χ1v) is 7.41. The maximum Gasteiger partial charge on any atom is 0.143 e. The summed E-state index contributed by atoms with van der Waals surface area (Å²) in [7, 11) is 0. The van der Waals surface area contributed by atoms with Crippen molar-refractivity contribution in [1.82, 2.24) is 0 Å². The summed E-state index contributed by atoms with van der Waals surface area (Å²) in [5.74, 6) is 0.856. The molecule has 0 aliphatic carbocycles. The average molecular weight is 308 g/mol. The van der Waals surface area contributed by atoms with Gasteiger partial charge in [0.25, 0.3) is 0 Å². The molecule has 2 nitrogen and oxygen atoms in total. The SMILES string of the molecule is CCc1ccc2c(c1)NCC(c1cc(Cl)ccc1Cl)O2. The van der Waals surface area contributed by atoms with Gasteiger partial charge in [-0.2, -0.15) is 0 Å². The van der Waals surface area contributed by atoms with Gasteiger partial charge in [0.15, 0.2) is 0 Å². The van der Waals surface area contributed by atoms with Crippen molar-refractivity contribution in [3.63, 3.8) is 0 Å². The van der Waals surface area contributed by atoms with E-state index in [0.717, 1.165) is 23.4 Å². The van der Waals surface area contributed by atoms with Crippen LogP contribution in [0.4, 0.5) is 5.69 Å². The zero-order valence-electron chi connectivity index (χ0n) is 11.1. The topological polar surface area (TPSA) is 21.3 Å². The van der Waals surface area contributed by atoms with Crippen molar-refractivity contribution >= 4 is 28.9 Å². The van der Waals surface area contributed by atoms with Gasteiger partial charge in [0.2, 0.25) is 0 Å². The lowest BCUT2D eigenvalue weighted by Crippen LogP contribution is -2.24. The van der Waals surface area contributed by atoms with Crippen molar-refractivity contribution in [3.8, 4) is 5.75 Å². The number of ether oxygens (including phenoxy) is 1. The fourth-order valence-corrected chi connectivity index (χ4v) is 2.79. The van der Waals surface area contributed by atoms with Gasteiger partial charge in [0, 0.05) is 15.6 Å². The van der Waals surface area contributed by atoms with Crippen molar-refractivity contribution in [1.29, 1.82) is 0 Å². The van der Waals surface area contributed by atoms with E-state index in [1.54, 1.807) is 12.1 Å². The number of fused-ring (bicyclic) bond motifs is 1. The molecule has 1 N–H and O–H groups in total. The number of benzene rings is 2. The summed E-state index contributed by atoms with van der Waals surface area (Å²) in [5, 5.41) is 4.75. The first-order valence-electron chi connectivity index (χ1n) is 6.65. The third kappa shape index (κ3) is 2.58. The Balaban J connectivity index is 1.90. The van der Waals surface area contributed by atoms with Crippen LogP contribution in [0.2, 0.25) is 10.0 Å². The Bertz CT molecular complexity index is 642. The number of hydrogen-bond acceptors (Lipinski definition) is 2. The molecule has 4 heteroatoms. The van der Waals surface area contributed by atoms with E-state index in [-0.39, 0.29) is 6.10 Å². The number of anilines is 1. The van der Waals surface area contributed by atoms with Crippen LogP contribution in [0.3, 0.4) is 0 Å². The van der Waals surface area contributed by atoms with Crippen LogP contribution < -0.4 is 10.1 Å². The fraction of sp³-hybridized carbons (Fsp3) is 0.250. The van der Waals surface area contributed by atoms with Crippen LogP contribution in [-0.4, -0.2) is 6.54 Å². The Kier molecular flexibility index (Phi) is 3.77. The molecule has 0 amide bonds. The smallest absolute Gasteiger partial charge is 0.143 e. The molecule has 0 saturated heterocycles. The van der Waals surface area contributed by atoms with Gasteiger partial charge in [-0.05, 0) is 42.3 Å². The molecule has 2 aromatic rings. The first-order chi connectivity index (χ1) is 9.67. The molecule has 1 heterocycles.